The number of hydrogen-bond donors (Lipinski definition) is 0. The number of nitrogens with zero attached hydrogens (tertiary/aromatic N) is 1. The third kappa shape index (κ3) is 1.51. The van der Waals surface area contributed by atoms with Crippen LogP contribution in [0.15, 0.2) is 24.4 Å². The van der Waals surface area contributed by atoms with Crippen molar-refractivity contribution in [1.82, 2.24) is 4.57 Å². The molecule has 0 spiro atoms. The van der Waals surface area contributed by atoms with Gasteiger partial charge in [-0.2, -0.15) is 0 Å². The van der Waals surface area contributed by atoms with Gasteiger partial charge in [0.25, 0.3) is 0 Å². The van der Waals surface area contributed by atoms with Gasteiger partial charge in [-0.15, -0.1) is 0 Å². The molecule has 2 rings (SSSR count). The van der Waals surface area contributed by atoms with Crippen LogP contribution in [0, 0.1) is 0 Å². The zero-order valence-electron chi connectivity index (χ0n) is 8.25. The van der Waals surface area contributed by atoms with E-state index in [1.165, 1.54) is 10.9 Å². The minimum absolute atomic E-state index is 0.638. The van der Waals surface area contributed by atoms with Crippen LogP contribution in [0.1, 0.15) is 5.56 Å². The third-order valence-electron chi connectivity index (χ3n) is 2.34. The number of aromatic nitrogens is 1. The van der Waals surface area contributed by atoms with E-state index in [1.54, 1.807) is 7.11 Å². The van der Waals surface area contributed by atoms with Crippen LogP contribution in [0.2, 0.25) is 5.02 Å². The maximum Gasteiger partial charge on any atom is 0.0733 e. The Morgan fingerprint density at radius 2 is 2.21 bits per heavy atom. The Kier molecular flexibility index (Phi) is 2.48. The van der Waals surface area contributed by atoms with E-state index in [9.17, 15) is 0 Å². The Morgan fingerprint density at radius 1 is 1.43 bits per heavy atom. The topological polar surface area (TPSA) is 14.2 Å². The van der Waals surface area contributed by atoms with Crippen molar-refractivity contribution in [2.75, 3.05) is 7.11 Å². The zero-order valence-corrected chi connectivity index (χ0v) is 9.01. The lowest BCUT2D eigenvalue weighted by Gasteiger charge is -1.97. The Balaban J connectivity index is 2.65. The number of rotatable bonds is 2. The summed E-state index contributed by atoms with van der Waals surface area (Å²) in [7, 11) is 3.71. The van der Waals surface area contributed by atoms with Gasteiger partial charge in [-0.1, -0.05) is 17.7 Å². The number of ether oxygens (including phenoxy) is 1. The number of halogens is 1. The highest BCUT2D eigenvalue weighted by atomic mass is 35.5. The molecule has 2 aromatic rings. The van der Waals surface area contributed by atoms with E-state index in [0.717, 1.165) is 10.5 Å². The maximum absolute atomic E-state index is 5.93. The van der Waals surface area contributed by atoms with Gasteiger partial charge in [-0.25, -0.2) is 0 Å². The summed E-state index contributed by atoms with van der Waals surface area (Å²) in [5, 5.41) is 1.97. The second-order valence-corrected chi connectivity index (χ2v) is 3.80. The predicted molar refractivity (Wildman–Crippen MR) is 58.6 cm³/mol. The van der Waals surface area contributed by atoms with Crippen molar-refractivity contribution in [2.24, 2.45) is 7.05 Å². The van der Waals surface area contributed by atoms with Crippen LogP contribution in [0.5, 0.6) is 0 Å². The molecule has 0 aliphatic rings. The molecule has 1 heterocycles. The van der Waals surface area contributed by atoms with Crippen LogP contribution >= 0.6 is 11.6 Å². The predicted octanol–water partition coefficient (Wildman–Crippen LogP) is 2.98. The van der Waals surface area contributed by atoms with E-state index < -0.39 is 0 Å². The van der Waals surface area contributed by atoms with E-state index in [4.69, 9.17) is 16.3 Å². The lowest BCUT2D eigenvalue weighted by atomic mass is 10.2. The molecule has 0 saturated carbocycles. The van der Waals surface area contributed by atoms with Gasteiger partial charge in [0.15, 0.2) is 0 Å². The fourth-order valence-corrected chi connectivity index (χ4v) is 1.88. The molecule has 0 fully saturated rings. The van der Waals surface area contributed by atoms with Gasteiger partial charge in [-0.05, 0) is 12.1 Å². The van der Waals surface area contributed by atoms with Gasteiger partial charge in [0.1, 0.15) is 0 Å². The van der Waals surface area contributed by atoms with Crippen LogP contribution in [-0.4, -0.2) is 11.7 Å². The van der Waals surface area contributed by atoms with Crippen molar-refractivity contribution in [1.29, 1.82) is 0 Å². The normalized spacial score (nSPS) is 11.1. The largest absolute Gasteiger partial charge is 0.380 e. The van der Waals surface area contributed by atoms with E-state index in [-0.39, 0.29) is 0 Å². The summed E-state index contributed by atoms with van der Waals surface area (Å²) in [6.07, 6.45) is 2.07. The standard InChI is InChI=1S/C11H12ClNO/c1-13-6-8(7-14-2)10-4-3-9(12)5-11(10)13/h3-6H,7H2,1-2H3. The second-order valence-electron chi connectivity index (χ2n) is 3.36. The fraction of sp³-hybridized carbons (Fsp3) is 0.273. The monoisotopic (exact) mass is 209 g/mol. The number of fused-ring (bicyclic) bond motifs is 1. The number of methoxy groups -OCH3 is 1. The van der Waals surface area contributed by atoms with Crippen LogP contribution < -0.4 is 0 Å². The van der Waals surface area contributed by atoms with Crippen molar-refractivity contribution in [3.05, 3.63) is 35.0 Å². The summed E-state index contributed by atoms with van der Waals surface area (Å²) in [5.41, 5.74) is 2.34. The lowest BCUT2D eigenvalue weighted by Crippen LogP contribution is -1.84. The Labute approximate surface area is 88.0 Å². The molecule has 1 aromatic carbocycles. The summed E-state index contributed by atoms with van der Waals surface area (Å²) in [5.74, 6) is 0. The summed E-state index contributed by atoms with van der Waals surface area (Å²) in [4.78, 5) is 0. The molecule has 2 nitrogen and oxygen atoms in total. The second kappa shape index (κ2) is 3.64. The minimum atomic E-state index is 0.638. The fourth-order valence-electron chi connectivity index (χ4n) is 1.71. The zero-order chi connectivity index (χ0) is 10.1. The molecule has 0 bridgehead atoms. The quantitative estimate of drug-likeness (QED) is 0.742. The summed E-state index contributed by atoms with van der Waals surface area (Å²) >= 11 is 5.93. The van der Waals surface area contributed by atoms with Crippen molar-refractivity contribution >= 4 is 22.5 Å². The molecular formula is C11H12ClNO. The Bertz CT molecular complexity index is 462. The molecule has 0 aliphatic carbocycles. The van der Waals surface area contributed by atoms with Gasteiger partial charge in [0.05, 0.1) is 6.61 Å². The van der Waals surface area contributed by atoms with Gasteiger partial charge >= 0.3 is 0 Å². The third-order valence-corrected chi connectivity index (χ3v) is 2.57. The number of hydrogen-bond acceptors (Lipinski definition) is 1. The SMILES string of the molecule is COCc1cn(C)c2cc(Cl)ccc12. The molecule has 0 atom stereocenters. The highest BCUT2D eigenvalue weighted by Gasteiger charge is 2.05. The molecule has 74 valence electrons. The van der Waals surface area contributed by atoms with Crippen molar-refractivity contribution < 1.29 is 4.74 Å². The van der Waals surface area contributed by atoms with Crippen LogP contribution in [0.3, 0.4) is 0 Å². The van der Waals surface area contributed by atoms with Crippen LogP contribution in [0.4, 0.5) is 0 Å². The van der Waals surface area contributed by atoms with Crippen LogP contribution in [-0.2, 0) is 18.4 Å². The lowest BCUT2D eigenvalue weighted by molar-refractivity contribution is 0.186. The molecule has 0 N–H and O–H groups in total. The first-order valence-electron chi connectivity index (χ1n) is 4.45. The summed E-state index contributed by atoms with van der Waals surface area (Å²) in [6, 6.07) is 5.91. The molecule has 0 radical (unpaired) electrons. The molecule has 0 saturated heterocycles. The van der Waals surface area contributed by atoms with Crippen molar-refractivity contribution in [2.45, 2.75) is 6.61 Å². The first-order chi connectivity index (χ1) is 6.72. The molecule has 14 heavy (non-hydrogen) atoms. The average Bonchev–Trinajstić information content (AvgIpc) is 2.44. The highest BCUT2D eigenvalue weighted by Crippen LogP contribution is 2.24. The Hall–Kier alpha value is -0.990. The molecule has 0 unspecified atom stereocenters. The molecule has 0 amide bonds. The van der Waals surface area contributed by atoms with E-state index in [2.05, 4.69) is 10.8 Å². The molecular weight excluding hydrogens is 198 g/mol. The summed E-state index contributed by atoms with van der Waals surface area (Å²) in [6.45, 7) is 0.638. The van der Waals surface area contributed by atoms with Gasteiger partial charge in [0, 0.05) is 41.8 Å². The van der Waals surface area contributed by atoms with E-state index in [0.29, 0.717) is 6.61 Å². The van der Waals surface area contributed by atoms with Crippen LogP contribution in [0.25, 0.3) is 10.9 Å². The molecule has 1 aromatic heterocycles. The maximum atomic E-state index is 5.93. The molecule has 0 aliphatic heterocycles. The first-order valence-corrected chi connectivity index (χ1v) is 4.82. The van der Waals surface area contributed by atoms with Gasteiger partial charge < -0.3 is 9.30 Å². The number of benzene rings is 1. The van der Waals surface area contributed by atoms with E-state index >= 15 is 0 Å². The Morgan fingerprint density at radius 3 is 2.93 bits per heavy atom. The van der Waals surface area contributed by atoms with E-state index in [1.807, 2.05) is 25.2 Å². The molecule has 3 heteroatoms. The van der Waals surface area contributed by atoms with Gasteiger partial charge in [-0.3, -0.25) is 0 Å². The highest BCUT2D eigenvalue weighted by molar-refractivity contribution is 6.31. The van der Waals surface area contributed by atoms with Crippen molar-refractivity contribution in [3.8, 4) is 0 Å². The number of aryl methyl sites for hydroxylation is 1. The summed E-state index contributed by atoms with van der Waals surface area (Å²) < 4.78 is 7.20. The first kappa shape index (κ1) is 9.56. The smallest absolute Gasteiger partial charge is 0.0733 e. The van der Waals surface area contributed by atoms with Gasteiger partial charge in [0.2, 0.25) is 0 Å². The van der Waals surface area contributed by atoms with Crippen molar-refractivity contribution in [3.63, 3.8) is 0 Å². The minimum Gasteiger partial charge on any atom is -0.380 e. The average molecular weight is 210 g/mol.